The van der Waals surface area contributed by atoms with Gasteiger partial charge in [0, 0.05) is 12.1 Å². The van der Waals surface area contributed by atoms with Crippen molar-refractivity contribution in [3.05, 3.63) is 52.2 Å². The normalized spacial score (nSPS) is 10.8. The molecule has 23 heavy (non-hydrogen) atoms. The molecule has 0 spiro atoms. The Balaban J connectivity index is 1.58. The van der Waals surface area contributed by atoms with E-state index in [-0.39, 0.29) is 29.6 Å². The average molecular weight is 333 g/mol. The number of amides is 1. The lowest BCUT2D eigenvalue weighted by Crippen LogP contribution is -2.25. The topological polar surface area (TPSA) is 104 Å². The zero-order valence-corrected chi connectivity index (χ0v) is 12.6. The summed E-state index contributed by atoms with van der Waals surface area (Å²) in [7, 11) is 0. The molecule has 118 valence electrons. The number of thioether (sulfide) groups is 1. The lowest BCUT2D eigenvalue weighted by Gasteiger charge is -2.06. The number of benzene rings is 1. The summed E-state index contributed by atoms with van der Waals surface area (Å²) in [6.45, 7) is 0.107. The Morgan fingerprint density at radius 2 is 2.17 bits per heavy atom. The van der Waals surface area contributed by atoms with Gasteiger partial charge in [0.1, 0.15) is 11.2 Å². The number of nitrogens with one attached hydrogen (secondary N) is 3. The lowest BCUT2D eigenvalue weighted by molar-refractivity contribution is -0.118. The summed E-state index contributed by atoms with van der Waals surface area (Å²) in [5, 5.41) is 9.63. The number of carbonyl (C=O) groups is 1. The quantitative estimate of drug-likeness (QED) is 0.481. The van der Waals surface area contributed by atoms with Gasteiger partial charge in [-0.2, -0.15) is 5.10 Å². The van der Waals surface area contributed by atoms with Crippen LogP contribution in [0.1, 0.15) is 5.56 Å². The first-order valence-corrected chi connectivity index (χ1v) is 7.68. The van der Waals surface area contributed by atoms with Gasteiger partial charge in [0.15, 0.2) is 10.8 Å². The third-order valence-corrected chi connectivity index (χ3v) is 3.94. The van der Waals surface area contributed by atoms with Gasteiger partial charge in [-0.05, 0) is 6.07 Å². The summed E-state index contributed by atoms with van der Waals surface area (Å²) in [5.41, 5.74) is 0.456. The van der Waals surface area contributed by atoms with E-state index in [1.54, 1.807) is 18.2 Å². The molecule has 3 N–H and O–H groups in total. The highest BCUT2D eigenvalue weighted by molar-refractivity contribution is 7.99. The molecule has 3 aromatic rings. The number of rotatable bonds is 5. The monoisotopic (exact) mass is 333 g/mol. The maximum absolute atomic E-state index is 13.4. The minimum atomic E-state index is -0.365. The molecule has 0 atom stereocenters. The van der Waals surface area contributed by atoms with Gasteiger partial charge in [-0.25, -0.2) is 9.37 Å². The number of aromatic nitrogens is 4. The van der Waals surface area contributed by atoms with E-state index in [1.165, 1.54) is 12.3 Å². The SMILES string of the molecule is O=C(CSc1nc2[nH]ncc2c(=O)[nH]1)NCc1ccccc1F. The minimum absolute atomic E-state index is 0.0526. The second kappa shape index (κ2) is 6.61. The van der Waals surface area contributed by atoms with Crippen molar-refractivity contribution in [2.24, 2.45) is 0 Å². The molecule has 0 saturated heterocycles. The largest absolute Gasteiger partial charge is 0.351 e. The first-order valence-electron chi connectivity index (χ1n) is 6.70. The second-order valence-corrected chi connectivity index (χ2v) is 5.62. The van der Waals surface area contributed by atoms with E-state index in [4.69, 9.17) is 0 Å². The van der Waals surface area contributed by atoms with E-state index in [2.05, 4.69) is 25.5 Å². The fourth-order valence-corrected chi connectivity index (χ4v) is 2.60. The highest BCUT2D eigenvalue weighted by Gasteiger charge is 2.09. The van der Waals surface area contributed by atoms with Gasteiger partial charge in [-0.15, -0.1) is 0 Å². The zero-order chi connectivity index (χ0) is 16.2. The number of aromatic amines is 2. The molecule has 0 aliphatic rings. The number of nitrogens with zero attached hydrogens (tertiary/aromatic N) is 2. The Kier molecular flexibility index (Phi) is 4.38. The summed E-state index contributed by atoms with van der Waals surface area (Å²) >= 11 is 1.08. The summed E-state index contributed by atoms with van der Waals surface area (Å²) in [5.74, 6) is -0.599. The molecule has 1 aromatic carbocycles. The van der Waals surface area contributed by atoms with Crippen molar-refractivity contribution in [3.8, 4) is 0 Å². The van der Waals surface area contributed by atoms with Crippen molar-refractivity contribution in [1.29, 1.82) is 0 Å². The Hall–Kier alpha value is -2.68. The first kappa shape index (κ1) is 15.2. The predicted octanol–water partition coefficient (Wildman–Crippen LogP) is 1.19. The fourth-order valence-electron chi connectivity index (χ4n) is 1.91. The van der Waals surface area contributed by atoms with Crippen molar-refractivity contribution < 1.29 is 9.18 Å². The van der Waals surface area contributed by atoms with Crippen LogP contribution >= 0.6 is 11.8 Å². The molecule has 0 aliphatic heterocycles. The average Bonchev–Trinajstić information content (AvgIpc) is 3.01. The molecule has 0 saturated carbocycles. The van der Waals surface area contributed by atoms with Crippen LogP contribution in [0.15, 0.2) is 40.4 Å². The Labute approximate surface area is 133 Å². The van der Waals surface area contributed by atoms with Crippen LogP contribution in [0.2, 0.25) is 0 Å². The second-order valence-electron chi connectivity index (χ2n) is 4.66. The predicted molar refractivity (Wildman–Crippen MR) is 83.5 cm³/mol. The third kappa shape index (κ3) is 3.57. The Morgan fingerprint density at radius 1 is 1.35 bits per heavy atom. The van der Waals surface area contributed by atoms with Crippen molar-refractivity contribution in [3.63, 3.8) is 0 Å². The van der Waals surface area contributed by atoms with Crippen LogP contribution in [0, 0.1) is 5.82 Å². The lowest BCUT2D eigenvalue weighted by atomic mass is 10.2. The molecular formula is C14H12FN5O2S. The molecule has 0 aliphatic carbocycles. The maximum atomic E-state index is 13.4. The van der Waals surface area contributed by atoms with Crippen LogP contribution in [-0.4, -0.2) is 31.8 Å². The number of fused-ring (bicyclic) bond motifs is 1. The highest BCUT2D eigenvalue weighted by atomic mass is 32.2. The van der Waals surface area contributed by atoms with Crippen LogP contribution in [0.3, 0.4) is 0 Å². The molecule has 0 bridgehead atoms. The van der Waals surface area contributed by atoms with Crippen molar-refractivity contribution in [2.45, 2.75) is 11.7 Å². The number of hydrogen-bond donors (Lipinski definition) is 3. The molecule has 0 radical (unpaired) electrons. The summed E-state index contributed by atoms with van der Waals surface area (Å²) in [6.07, 6.45) is 1.39. The molecule has 2 heterocycles. The van der Waals surface area contributed by atoms with Crippen LogP contribution in [0.25, 0.3) is 11.0 Å². The van der Waals surface area contributed by atoms with Crippen molar-refractivity contribution in [1.82, 2.24) is 25.5 Å². The van der Waals surface area contributed by atoms with Gasteiger partial charge in [-0.1, -0.05) is 30.0 Å². The molecule has 7 nitrogen and oxygen atoms in total. The van der Waals surface area contributed by atoms with Gasteiger partial charge in [0.25, 0.3) is 5.56 Å². The summed E-state index contributed by atoms with van der Waals surface area (Å²) < 4.78 is 13.4. The fraction of sp³-hybridized carbons (Fsp3) is 0.143. The highest BCUT2D eigenvalue weighted by Crippen LogP contribution is 2.13. The minimum Gasteiger partial charge on any atom is -0.351 e. The summed E-state index contributed by atoms with van der Waals surface area (Å²) in [6, 6.07) is 6.23. The van der Waals surface area contributed by atoms with Gasteiger partial charge < -0.3 is 10.3 Å². The van der Waals surface area contributed by atoms with E-state index in [9.17, 15) is 14.0 Å². The standard InChI is InChI=1S/C14H12FN5O2S/c15-10-4-2-1-3-8(10)5-16-11(21)7-23-14-18-12-9(6-17-20-12)13(22)19-14/h1-4,6H,5,7H2,(H,16,21)(H2,17,18,19,20,22). The number of H-pyrrole nitrogens is 2. The number of hydrogen-bond acceptors (Lipinski definition) is 5. The van der Waals surface area contributed by atoms with Crippen LogP contribution in [0.5, 0.6) is 0 Å². The first-order chi connectivity index (χ1) is 11.1. The molecule has 1 amide bonds. The Bertz CT molecular complexity index is 907. The van der Waals surface area contributed by atoms with Crippen LogP contribution in [-0.2, 0) is 11.3 Å². The third-order valence-electron chi connectivity index (χ3n) is 3.07. The van der Waals surface area contributed by atoms with E-state index in [1.807, 2.05) is 0 Å². The molecule has 0 fully saturated rings. The smallest absolute Gasteiger partial charge is 0.262 e. The van der Waals surface area contributed by atoms with Gasteiger partial charge >= 0.3 is 0 Å². The van der Waals surface area contributed by atoms with Crippen molar-refractivity contribution in [2.75, 3.05) is 5.75 Å². The van der Waals surface area contributed by atoms with E-state index in [0.717, 1.165) is 11.8 Å². The molecular weight excluding hydrogens is 321 g/mol. The number of halogens is 1. The molecule has 0 unspecified atom stereocenters. The number of carbonyl (C=O) groups excluding carboxylic acids is 1. The van der Waals surface area contributed by atoms with Crippen LogP contribution in [0.4, 0.5) is 4.39 Å². The Morgan fingerprint density at radius 3 is 3.00 bits per heavy atom. The zero-order valence-electron chi connectivity index (χ0n) is 11.8. The van der Waals surface area contributed by atoms with Crippen LogP contribution < -0.4 is 10.9 Å². The van der Waals surface area contributed by atoms with Gasteiger partial charge in [0.2, 0.25) is 5.91 Å². The van der Waals surface area contributed by atoms with Crippen molar-refractivity contribution >= 4 is 28.7 Å². The van der Waals surface area contributed by atoms with E-state index in [0.29, 0.717) is 21.8 Å². The maximum Gasteiger partial charge on any atom is 0.262 e. The van der Waals surface area contributed by atoms with Gasteiger partial charge in [0.05, 0.1) is 11.9 Å². The summed E-state index contributed by atoms with van der Waals surface area (Å²) in [4.78, 5) is 30.3. The molecule has 3 rings (SSSR count). The molecule has 9 heteroatoms. The van der Waals surface area contributed by atoms with E-state index < -0.39 is 0 Å². The van der Waals surface area contributed by atoms with Gasteiger partial charge in [-0.3, -0.25) is 14.7 Å². The molecule has 2 aromatic heterocycles. The van der Waals surface area contributed by atoms with E-state index >= 15 is 0 Å².